The van der Waals surface area contributed by atoms with Crippen LogP contribution < -0.4 is 5.32 Å². The molecular weight excluding hydrogens is 511 g/mol. The Morgan fingerprint density at radius 3 is 2.67 bits per heavy atom. The Morgan fingerprint density at radius 1 is 1.06 bits per heavy atom. The number of aromatic nitrogens is 2. The van der Waals surface area contributed by atoms with Crippen LogP contribution in [0.5, 0.6) is 0 Å². The first kappa shape index (κ1) is 26.1. The van der Waals surface area contributed by atoms with Gasteiger partial charge in [0.25, 0.3) is 0 Å². The summed E-state index contributed by atoms with van der Waals surface area (Å²) in [6.45, 7) is 1.95. The second-order valence-corrected chi connectivity index (χ2v) is 9.98. The molecule has 12 heteroatoms. The van der Waals surface area contributed by atoms with E-state index in [0.717, 1.165) is 16.6 Å². The molecule has 0 unspecified atom stereocenters. The van der Waals surface area contributed by atoms with Crippen LogP contribution in [-0.4, -0.2) is 70.1 Å². The fourth-order valence-corrected chi connectivity index (χ4v) is 5.23. The molecule has 2 amide bonds. The van der Waals surface area contributed by atoms with Crippen molar-refractivity contribution in [2.75, 3.05) is 43.8 Å². The Kier molecular flexibility index (Phi) is 8.60. The predicted octanol–water partition coefficient (Wildman–Crippen LogP) is 4.49. The molecular formula is C24H24F3N5O2S2. The van der Waals surface area contributed by atoms with Crippen molar-refractivity contribution in [1.82, 2.24) is 19.8 Å². The minimum atomic E-state index is -4.55. The molecule has 1 aromatic carbocycles. The van der Waals surface area contributed by atoms with Gasteiger partial charge in [-0.1, -0.05) is 30.0 Å². The van der Waals surface area contributed by atoms with E-state index in [1.165, 1.54) is 30.0 Å². The summed E-state index contributed by atoms with van der Waals surface area (Å²) < 4.78 is 39.5. The average molecular weight is 536 g/mol. The third kappa shape index (κ3) is 7.05. The number of benzene rings is 1. The Labute approximate surface area is 214 Å². The fraction of sp³-hybridized carbons (Fsp3) is 0.333. The van der Waals surface area contributed by atoms with Crippen LogP contribution in [0.15, 0.2) is 59.2 Å². The van der Waals surface area contributed by atoms with Gasteiger partial charge in [-0.2, -0.15) is 13.2 Å². The molecule has 1 N–H and O–H groups in total. The Hall–Kier alpha value is -2.96. The maximum absolute atomic E-state index is 13.2. The zero-order valence-corrected chi connectivity index (χ0v) is 20.8. The first-order valence-electron chi connectivity index (χ1n) is 11.3. The highest BCUT2D eigenvalue weighted by Crippen LogP contribution is 2.34. The van der Waals surface area contributed by atoms with Gasteiger partial charge in [-0.3, -0.25) is 14.5 Å². The number of hydrogen-bond donors (Lipinski definition) is 1. The lowest BCUT2D eigenvalue weighted by Crippen LogP contribution is -2.38. The van der Waals surface area contributed by atoms with Crippen LogP contribution in [0.2, 0.25) is 0 Å². The van der Waals surface area contributed by atoms with E-state index in [-0.39, 0.29) is 23.9 Å². The number of anilines is 1. The number of carbonyl (C=O) groups is 2. The zero-order chi connectivity index (χ0) is 25.5. The van der Waals surface area contributed by atoms with Gasteiger partial charge in [0.1, 0.15) is 0 Å². The molecule has 0 radical (unpaired) electrons. The summed E-state index contributed by atoms with van der Waals surface area (Å²) in [5, 5.41) is 4.88. The van der Waals surface area contributed by atoms with Gasteiger partial charge < -0.3 is 10.2 Å². The smallest absolute Gasteiger partial charge is 0.341 e. The van der Waals surface area contributed by atoms with Crippen LogP contribution in [0.1, 0.15) is 12.0 Å². The lowest BCUT2D eigenvalue weighted by molar-refractivity contribution is -0.137. The number of halogens is 3. The maximum Gasteiger partial charge on any atom is 0.418 e. The second kappa shape index (κ2) is 11.8. The van der Waals surface area contributed by atoms with Gasteiger partial charge in [0.2, 0.25) is 11.8 Å². The third-order valence-corrected chi connectivity index (χ3v) is 7.29. The molecule has 7 nitrogen and oxygen atoms in total. The molecule has 190 valence electrons. The lowest BCUT2D eigenvalue weighted by Gasteiger charge is -2.22. The summed E-state index contributed by atoms with van der Waals surface area (Å²) in [5.41, 5.74) is -0.325. The first-order valence-corrected chi connectivity index (χ1v) is 13.1. The molecule has 3 heterocycles. The maximum atomic E-state index is 13.2. The Balaban J connectivity index is 1.26. The lowest BCUT2D eigenvalue weighted by atomic mass is 10.1. The minimum Gasteiger partial charge on any atom is -0.341 e. The van der Waals surface area contributed by atoms with E-state index in [1.807, 2.05) is 28.5 Å². The summed E-state index contributed by atoms with van der Waals surface area (Å²) in [6, 6.07) is 10.7. The van der Waals surface area contributed by atoms with E-state index in [2.05, 4.69) is 15.3 Å². The van der Waals surface area contributed by atoms with Gasteiger partial charge >= 0.3 is 6.18 Å². The molecule has 1 aliphatic heterocycles. The number of thioether (sulfide) groups is 1. The molecule has 3 aromatic rings. The van der Waals surface area contributed by atoms with Gasteiger partial charge in [0.05, 0.1) is 34.1 Å². The number of alkyl halides is 3. The number of nitrogens with zero attached hydrogens (tertiary/aromatic N) is 4. The summed E-state index contributed by atoms with van der Waals surface area (Å²) in [4.78, 5) is 38.6. The summed E-state index contributed by atoms with van der Waals surface area (Å²) in [5.74, 6) is -0.372. The van der Waals surface area contributed by atoms with Crippen LogP contribution >= 0.6 is 23.1 Å². The van der Waals surface area contributed by atoms with Crippen LogP contribution in [-0.2, 0) is 15.8 Å². The number of hydrogen-bond acceptors (Lipinski definition) is 7. The highest BCUT2D eigenvalue weighted by Gasteiger charge is 2.33. The van der Waals surface area contributed by atoms with Crippen molar-refractivity contribution in [2.45, 2.75) is 17.8 Å². The number of para-hydroxylation sites is 1. The van der Waals surface area contributed by atoms with E-state index in [0.29, 0.717) is 37.8 Å². The highest BCUT2D eigenvalue weighted by molar-refractivity contribution is 7.99. The van der Waals surface area contributed by atoms with E-state index >= 15 is 0 Å². The molecule has 2 aromatic heterocycles. The number of amides is 2. The largest absolute Gasteiger partial charge is 0.418 e. The summed E-state index contributed by atoms with van der Waals surface area (Å²) >= 11 is 2.86. The quantitative estimate of drug-likeness (QED) is 0.355. The van der Waals surface area contributed by atoms with Gasteiger partial charge in [-0.25, -0.2) is 9.97 Å². The number of thiophene rings is 1. The monoisotopic (exact) mass is 535 g/mol. The van der Waals surface area contributed by atoms with Crippen molar-refractivity contribution < 1.29 is 22.8 Å². The molecule has 0 spiro atoms. The van der Waals surface area contributed by atoms with Crippen LogP contribution in [0.3, 0.4) is 0 Å². The topological polar surface area (TPSA) is 78.4 Å². The Morgan fingerprint density at radius 2 is 1.89 bits per heavy atom. The molecule has 0 atom stereocenters. The standard InChI is InChI=1S/C24H24F3N5O2S2/c25-24(26,27)17-5-1-2-6-18(17)29-21(33)15-31-10-4-11-32(13-12-31)22(34)16-36-23-28-9-8-19(30-23)20-7-3-14-35-20/h1-3,5-9,14H,4,10-13,15-16H2,(H,29,33). The molecule has 0 saturated carbocycles. The van der Waals surface area contributed by atoms with Crippen LogP contribution in [0.4, 0.5) is 18.9 Å². The SMILES string of the molecule is O=C(CN1CCCN(C(=O)CSc2nccc(-c3cccs3)n2)CC1)Nc1ccccc1C(F)(F)F. The van der Waals surface area contributed by atoms with E-state index in [1.54, 1.807) is 22.4 Å². The Bertz CT molecular complexity index is 1190. The molecule has 1 aliphatic rings. The minimum absolute atomic E-state index is 0.0458. The zero-order valence-electron chi connectivity index (χ0n) is 19.2. The fourth-order valence-electron chi connectivity index (χ4n) is 3.80. The van der Waals surface area contributed by atoms with Gasteiger partial charge in [-0.15, -0.1) is 11.3 Å². The summed E-state index contributed by atoms with van der Waals surface area (Å²) in [7, 11) is 0. The molecule has 4 rings (SSSR count). The molecule has 0 aliphatic carbocycles. The van der Waals surface area contributed by atoms with Crippen molar-refractivity contribution in [2.24, 2.45) is 0 Å². The predicted molar refractivity (Wildman–Crippen MR) is 134 cm³/mol. The van der Waals surface area contributed by atoms with Crippen molar-refractivity contribution in [3.05, 3.63) is 59.6 Å². The number of nitrogens with one attached hydrogen (secondary N) is 1. The van der Waals surface area contributed by atoms with Crippen molar-refractivity contribution in [3.63, 3.8) is 0 Å². The average Bonchev–Trinajstić information content (AvgIpc) is 3.30. The first-order chi connectivity index (χ1) is 17.3. The molecule has 1 fully saturated rings. The van der Waals surface area contributed by atoms with Gasteiger partial charge in [0.15, 0.2) is 5.16 Å². The summed E-state index contributed by atoms with van der Waals surface area (Å²) in [6.07, 6.45) is -2.22. The van der Waals surface area contributed by atoms with Crippen molar-refractivity contribution >= 4 is 40.6 Å². The molecule has 36 heavy (non-hydrogen) atoms. The van der Waals surface area contributed by atoms with Crippen molar-refractivity contribution in [3.8, 4) is 10.6 Å². The normalized spacial score (nSPS) is 14.9. The molecule has 1 saturated heterocycles. The second-order valence-electron chi connectivity index (χ2n) is 8.09. The molecule has 0 bridgehead atoms. The van der Waals surface area contributed by atoms with Crippen LogP contribution in [0.25, 0.3) is 10.6 Å². The van der Waals surface area contributed by atoms with Crippen LogP contribution in [0, 0.1) is 0 Å². The van der Waals surface area contributed by atoms with Gasteiger partial charge in [0, 0.05) is 32.4 Å². The van der Waals surface area contributed by atoms with E-state index in [9.17, 15) is 22.8 Å². The van der Waals surface area contributed by atoms with Crippen molar-refractivity contribution in [1.29, 1.82) is 0 Å². The number of carbonyl (C=O) groups excluding carboxylic acids is 2. The number of rotatable bonds is 7. The highest BCUT2D eigenvalue weighted by atomic mass is 32.2. The van der Waals surface area contributed by atoms with E-state index in [4.69, 9.17) is 0 Å². The third-order valence-electron chi connectivity index (χ3n) is 5.55. The van der Waals surface area contributed by atoms with E-state index < -0.39 is 17.6 Å². The van der Waals surface area contributed by atoms with Gasteiger partial charge in [-0.05, 0) is 36.1 Å².